The molecule has 0 aliphatic carbocycles. The van der Waals surface area contributed by atoms with Crippen molar-refractivity contribution in [1.29, 1.82) is 0 Å². The SMILES string of the molecule is CCOC(=O)C(C)(C)NCCc1cccc(F)c1. The van der Waals surface area contributed by atoms with Crippen molar-refractivity contribution in [3.63, 3.8) is 0 Å². The molecule has 0 amide bonds. The van der Waals surface area contributed by atoms with E-state index in [0.717, 1.165) is 5.56 Å². The van der Waals surface area contributed by atoms with Gasteiger partial charge in [-0.2, -0.15) is 0 Å². The second-order valence-corrected chi connectivity index (χ2v) is 4.65. The zero-order valence-corrected chi connectivity index (χ0v) is 11.1. The van der Waals surface area contributed by atoms with Gasteiger partial charge in [0.05, 0.1) is 6.61 Å². The van der Waals surface area contributed by atoms with E-state index in [4.69, 9.17) is 4.74 Å². The Morgan fingerprint density at radius 3 is 2.78 bits per heavy atom. The Kier molecular flexibility index (Phi) is 5.28. The van der Waals surface area contributed by atoms with Crippen LogP contribution in [0.4, 0.5) is 4.39 Å². The Hall–Kier alpha value is -1.42. The van der Waals surface area contributed by atoms with E-state index in [1.165, 1.54) is 12.1 Å². The van der Waals surface area contributed by atoms with E-state index in [1.807, 2.05) is 6.07 Å². The molecule has 18 heavy (non-hydrogen) atoms. The van der Waals surface area contributed by atoms with Gasteiger partial charge in [0, 0.05) is 6.54 Å². The van der Waals surface area contributed by atoms with Crippen molar-refractivity contribution < 1.29 is 13.9 Å². The summed E-state index contributed by atoms with van der Waals surface area (Å²) in [5.74, 6) is -0.513. The van der Waals surface area contributed by atoms with Crippen LogP contribution in [0.1, 0.15) is 26.3 Å². The molecular weight excluding hydrogens is 233 g/mol. The number of rotatable bonds is 6. The minimum Gasteiger partial charge on any atom is -0.465 e. The molecule has 0 saturated heterocycles. The lowest BCUT2D eigenvalue weighted by Gasteiger charge is -2.23. The highest BCUT2D eigenvalue weighted by Gasteiger charge is 2.27. The first-order valence-corrected chi connectivity index (χ1v) is 6.12. The lowest BCUT2D eigenvalue weighted by atomic mass is 10.1. The highest BCUT2D eigenvalue weighted by molar-refractivity contribution is 5.79. The molecule has 0 fully saturated rings. The Morgan fingerprint density at radius 2 is 2.17 bits per heavy atom. The van der Waals surface area contributed by atoms with Crippen molar-refractivity contribution in [3.05, 3.63) is 35.6 Å². The third-order valence-electron chi connectivity index (χ3n) is 2.66. The van der Waals surface area contributed by atoms with E-state index >= 15 is 0 Å². The summed E-state index contributed by atoms with van der Waals surface area (Å²) in [6.45, 7) is 6.29. The van der Waals surface area contributed by atoms with Gasteiger partial charge in [-0.3, -0.25) is 4.79 Å². The molecule has 0 atom stereocenters. The molecule has 0 spiro atoms. The van der Waals surface area contributed by atoms with Gasteiger partial charge < -0.3 is 10.1 Å². The zero-order valence-electron chi connectivity index (χ0n) is 11.1. The van der Waals surface area contributed by atoms with Crippen LogP contribution in [0.3, 0.4) is 0 Å². The maximum atomic E-state index is 13.0. The second kappa shape index (κ2) is 6.50. The van der Waals surface area contributed by atoms with Gasteiger partial charge in [0.2, 0.25) is 0 Å². The Balaban J connectivity index is 2.43. The summed E-state index contributed by atoms with van der Waals surface area (Å²) in [6, 6.07) is 6.46. The topological polar surface area (TPSA) is 38.3 Å². The monoisotopic (exact) mass is 253 g/mol. The minimum atomic E-state index is -0.719. The summed E-state index contributed by atoms with van der Waals surface area (Å²) in [6.07, 6.45) is 0.667. The number of hydrogen-bond acceptors (Lipinski definition) is 3. The fraction of sp³-hybridized carbons (Fsp3) is 0.500. The van der Waals surface area contributed by atoms with Gasteiger partial charge in [-0.15, -0.1) is 0 Å². The van der Waals surface area contributed by atoms with E-state index in [2.05, 4.69) is 5.32 Å². The summed E-state index contributed by atoms with van der Waals surface area (Å²) in [4.78, 5) is 11.6. The first-order valence-electron chi connectivity index (χ1n) is 6.12. The fourth-order valence-electron chi connectivity index (χ4n) is 1.60. The summed E-state index contributed by atoms with van der Waals surface area (Å²) in [5.41, 5.74) is 0.186. The van der Waals surface area contributed by atoms with Gasteiger partial charge >= 0.3 is 5.97 Å². The molecule has 1 rings (SSSR count). The summed E-state index contributed by atoms with van der Waals surface area (Å²) in [5, 5.41) is 3.11. The van der Waals surface area contributed by atoms with Crippen LogP contribution in [0.2, 0.25) is 0 Å². The average molecular weight is 253 g/mol. The Bertz CT molecular complexity index is 405. The van der Waals surface area contributed by atoms with Crippen molar-refractivity contribution in [2.24, 2.45) is 0 Å². The van der Waals surface area contributed by atoms with Crippen LogP contribution in [0, 0.1) is 5.82 Å². The molecular formula is C14H20FNO2. The molecule has 1 aromatic carbocycles. The standard InChI is InChI=1S/C14H20FNO2/c1-4-18-13(17)14(2,3)16-9-8-11-6-5-7-12(15)10-11/h5-7,10,16H,4,8-9H2,1-3H3. The van der Waals surface area contributed by atoms with E-state index in [0.29, 0.717) is 19.6 Å². The van der Waals surface area contributed by atoms with Gasteiger partial charge in [-0.25, -0.2) is 4.39 Å². The maximum absolute atomic E-state index is 13.0. The molecule has 100 valence electrons. The molecule has 1 N–H and O–H groups in total. The van der Waals surface area contributed by atoms with Crippen LogP contribution in [0.15, 0.2) is 24.3 Å². The number of benzene rings is 1. The number of carbonyl (C=O) groups is 1. The van der Waals surface area contributed by atoms with Gasteiger partial charge in [-0.05, 0) is 44.9 Å². The fourth-order valence-corrected chi connectivity index (χ4v) is 1.60. The van der Waals surface area contributed by atoms with Crippen LogP contribution in [-0.2, 0) is 16.0 Å². The number of ether oxygens (including phenoxy) is 1. The van der Waals surface area contributed by atoms with Crippen LogP contribution in [-0.4, -0.2) is 24.7 Å². The first-order chi connectivity index (χ1) is 8.45. The van der Waals surface area contributed by atoms with Crippen molar-refractivity contribution in [1.82, 2.24) is 5.32 Å². The van der Waals surface area contributed by atoms with Crippen LogP contribution < -0.4 is 5.32 Å². The maximum Gasteiger partial charge on any atom is 0.325 e. The van der Waals surface area contributed by atoms with Gasteiger partial charge in [0.1, 0.15) is 11.4 Å². The van der Waals surface area contributed by atoms with Crippen LogP contribution in [0.5, 0.6) is 0 Å². The summed E-state index contributed by atoms with van der Waals surface area (Å²) < 4.78 is 17.9. The van der Waals surface area contributed by atoms with Gasteiger partial charge in [0.15, 0.2) is 0 Å². The van der Waals surface area contributed by atoms with E-state index < -0.39 is 5.54 Å². The van der Waals surface area contributed by atoms with Gasteiger partial charge in [0.25, 0.3) is 0 Å². The summed E-state index contributed by atoms with van der Waals surface area (Å²) >= 11 is 0. The molecule has 0 aliphatic heterocycles. The molecule has 0 saturated carbocycles. The molecule has 0 radical (unpaired) electrons. The average Bonchev–Trinajstić information content (AvgIpc) is 2.29. The molecule has 0 aliphatic rings. The van der Waals surface area contributed by atoms with Crippen molar-refractivity contribution in [2.75, 3.05) is 13.2 Å². The molecule has 4 heteroatoms. The third kappa shape index (κ3) is 4.45. The normalized spacial score (nSPS) is 11.3. The molecule has 0 aromatic heterocycles. The smallest absolute Gasteiger partial charge is 0.325 e. The van der Waals surface area contributed by atoms with Crippen molar-refractivity contribution >= 4 is 5.97 Å². The number of hydrogen-bond donors (Lipinski definition) is 1. The number of esters is 1. The van der Waals surface area contributed by atoms with Gasteiger partial charge in [-0.1, -0.05) is 12.1 Å². The van der Waals surface area contributed by atoms with E-state index in [9.17, 15) is 9.18 Å². The molecule has 1 aromatic rings. The van der Waals surface area contributed by atoms with E-state index in [1.54, 1.807) is 26.8 Å². The molecule has 0 unspecified atom stereocenters. The molecule has 0 bridgehead atoms. The predicted octanol–water partition coefficient (Wildman–Crippen LogP) is 2.30. The molecule has 0 heterocycles. The van der Waals surface area contributed by atoms with Crippen molar-refractivity contribution in [3.8, 4) is 0 Å². The molecule has 3 nitrogen and oxygen atoms in total. The van der Waals surface area contributed by atoms with Crippen molar-refractivity contribution in [2.45, 2.75) is 32.7 Å². The highest BCUT2D eigenvalue weighted by atomic mass is 19.1. The quantitative estimate of drug-likeness (QED) is 0.791. The minimum absolute atomic E-state index is 0.239. The van der Waals surface area contributed by atoms with Crippen LogP contribution >= 0.6 is 0 Å². The predicted molar refractivity (Wildman–Crippen MR) is 68.8 cm³/mol. The summed E-state index contributed by atoms with van der Waals surface area (Å²) in [7, 11) is 0. The number of halogens is 1. The number of nitrogens with one attached hydrogen (secondary N) is 1. The highest BCUT2D eigenvalue weighted by Crippen LogP contribution is 2.07. The lowest BCUT2D eigenvalue weighted by molar-refractivity contribution is -0.149. The van der Waals surface area contributed by atoms with Crippen LogP contribution in [0.25, 0.3) is 0 Å². The largest absolute Gasteiger partial charge is 0.465 e. The lowest BCUT2D eigenvalue weighted by Crippen LogP contribution is -2.48. The second-order valence-electron chi connectivity index (χ2n) is 4.65. The first kappa shape index (κ1) is 14.6. The Morgan fingerprint density at radius 1 is 1.44 bits per heavy atom. The third-order valence-corrected chi connectivity index (χ3v) is 2.66. The van der Waals surface area contributed by atoms with E-state index in [-0.39, 0.29) is 11.8 Å². The zero-order chi connectivity index (χ0) is 13.6. The Labute approximate surface area is 107 Å². The number of carbonyl (C=O) groups excluding carboxylic acids is 1.